The molecule has 0 radical (unpaired) electrons. The summed E-state index contributed by atoms with van der Waals surface area (Å²) >= 11 is 0. The van der Waals surface area contributed by atoms with Gasteiger partial charge >= 0.3 is 0 Å². The van der Waals surface area contributed by atoms with Crippen molar-refractivity contribution >= 4 is 16.0 Å². The number of carbonyl (C=O) groups is 1. The van der Waals surface area contributed by atoms with Gasteiger partial charge in [0, 0.05) is 13.0 Å². The fourth-order valence-electron chi connectivity index (χ4n) is 1.55. The van der Waals surface area contributed by atoms with E-state index in [2.05, 4.69) is 5.32 Å². The van der Waals surface area contributed by atoms with E-state index in [4.69, 9.17) is 10.3 Å². The second-order valence-electron chi connectivity index (χ2n) is 5.04. The van der Waals surface area contributed by atoms with Crippen molar-refractivity contribution in [2.75, 3.05) is 12.3 Å². The lowest BCUT2D eigenvalue weighted by Crippen LogP contribution is -2.40. The fraction of sp³-hybridized carbons (Fsp3) is 0.900. The second kappa shape index (κ2) is 6.32. The van der Waals surface area contributed by atoms with Crippen LogP contribution in [0, 0.1) is 5.41 Å². The van der Waals surface area contributed by atoms with Crippen molar-refractivity contribution in [3.8, 4) is 0 Å². The zero-order valence-corrected chi connectivity index (χ0v) is 11.4. The number of nitrogens with two attached hydrogens (primary N) is 1. The van der Waals surface area contributed by atoms with Gasteiger partial charge in [0.15, 0.2) is 0 Å². The highest BCUT2D eigenvalue weighted by molar-refractivity contribution is 7.85. The SMILES string of the molecule is CC(=O)NC(CCS(=O)(=O)O)CC(C)(C)CN. The molecule has 0 heterocycles. The maximum absolute atomic E-state index is 11.0. The molecule has 0 aromatic heterocycles. The Bertz CT molecular complexity index is 351. The van der Waals surface area contributed by atoms with E-state index < -0.39 is 10.1 Å². The molecule has 1 unspecified atom stereocenters. The summed E-state index contributed by atoms with van der Waals surface area (Å²) in [6, 6.07) is -0.298. The van der Waals surface area contributed by atoms with Gasteiger partial charge in [-0.3, -0.25) is 9.35 Å². The van der Waals surface area contributed by atoms with Crippen LogP contribution in [-0.2, 0) is 14.9 Å². The van der Waals surface area contributed by atoms with E-state index in [0.717, 1.165) is 0 Å². The molecule has 1 atom stereocenters. The Hall–Kier alpha value is -0.660. The van der Waals surface area contributed by atoms with Gasteiger partial charge in [0.2, 0.25) is 5.91 Å². The van der Waals surface area contributed by atoms with Crippen LogP contribution in [0.4, 0.5) is 0 Å². The quantitative estimate of drug-likeness (QED) is 0.568. The van der Waals surface area contributed by atoms with Crippen molar-refractivity contribution in [2.45, 2.75) is 39.7 Å². The van der Waals surface area contributed by atoms with Crippen LogP contribution < -0.4 is 11.1 Å². The minimum absolute atomic E-state index is 0.182. The van der Waals surface area contributed by atoms with Gasteiger partial charge in [-0.15, -0.1) is 0 Å². The summed E-state index contributed by atoms with van der Waals surface area (Å²) in [5, 5.41) is 2.67. The molecular weight excluding hydrogens is 244 g/mol. The van der Waals surface area contributed by atoms with E-state index in [1.54, 1.807) is 0 Å². The summed E-state index contributed by atoms with van der Waals surface area (Å²) in [4.78, 5) is 11.0. The minimum atomic E-state index is -4.00. The van der Waals surface area contributed by atoms with Crippen molar-refractivity contribution in [1.29, 1.82) is 0 Å². The molecule has 6 nitrogen and oxygen atoms in total. The summed E-state index contributed by atoms with van der Waals surface area (Å²) in [5.74, 6) is -0.586. The molecule has 0 saturated carbocycles. The van der Waals surface area contributed by atoms with Crippen LogP contribution >= 0.6 is 0 Å². The van der Waals surface area contributed by atoms with E-state index in [1.165, 1.54) is 6.92 Å². The first-order chi connectivity index (χ1) is 7.56. The first-order valence-electron chi connectivity index (χ1n) is 5.48. The largest absolute Gasteiger partial charge is 0.354 e. The third-order valence-corrected chi connectivity index (χ3v) is 3.23. The van der Waals surface area contributed by atoms with E-state index in [1.807, 2.05) is 13.8 Å². The molecule has 0 spiro atoms. The molecule has 0 rings (SSSR count). The van der Waals surface area contributed by atoms with E-state index in [0.29, 0.717) is 13.0 Å². The Morgan fingerprint density at radius 2 is 2.00 bits per heavy atom. The van der Waals surface area contributed by atoms with Gasteiger partial charge < -0.3 is 11.1 Å². The normalized spacial score (nSPS) is 14.4. The van der Waals surface area contributed by atoms with Crippen LogP contribution in [0.15, 0.2) is 0 Å². The number of carbonyl (C=O) groups excluding carboxylic acids is 1. The molecule has 102 valence electrons. The van der Waals surface area contributed by atoms with Crippen LogP contribution in [-0.4, -0.2) is 37.2 Å². The molecule has 0 aromatic carbocycles. The monoisotopic (exact) mass is 266 g/mol. The van der Waals surface area contributed by atoms with Gasteiger partial charge in [-0.25, -0.2) is 0 Å². The number of hydrogen-bond donors (Lipinski definition) is 3. The molecule has 0 aliphatic carbocycles. The highest BCUT2D eigenvalue weighted by Crippen LogP contribution is 2.22. The van der Waals surface area contributed by atoms with Crippen molar-refractivity contribution in [3.05, 3.63) is 0 Å². The highest BCUT2D eigenvalue weighted by atomic mass is 32.2. The van der Waals surface area contributed by atoms with Crippen molar-refractivity contribution in [3.63, 3.8) is 0 Å². The molecule has 4 N–H and O–H groups in total. The summed E-state index contributed by atoms with van der Waals surface area (Å²) in [6.45, 7) is 5.69. The smallest absolute Gasteiger partial charge is 0.264 e. The van der Waals surface area contributed by atoms with E-state index in [-0.39, 0.29) is 29.5 Å². The molecule has 0 aromatic rings. The fourth-order valence-corrected chi connectivity index (χ4v) is 2.14. The van der Waals surface area contributed by atoms with Crippen LogP contribution in [0.25, 0.3) is 0 Å². The van der Waals surface area contributed by atoms with Gasteiger partial charge in [-0.1, -0.05) is 13.8 Å². The van der Waals surface area contributed by atoms with Gasteiger partial charge in [0.05, 0.1) is 5.75 Å². The van der Waals surface area contributed by atoms with Crippen molar-refractivity contribution < 1.29 is 17.8 Å². The third kappa shape index (κ3) is 9.08. The maximum Gasteiger partial charge on any atom is 0.264 e. The van der Waals surface area contributed by atoms with Gasteiger partial charge in [-0.2, -0.15) is 8.42 Å². The Labute approximate surface area is 103 Å². The van der Waals surface area contributed by atoms with Crippen molar-refractivity contribution in [1.82, 2.24) is 5.32 Å². The Kier molecular flexibility index (Phi) is 6.08. The van der Waals surface area contributed by atoms with Gasteiger partial charge in [0.25, 0.3) is 10.1 Å². The maximum atomic E-state index is 11.0. The molecule has 0 bridgehead atoms. The molecule has 0 aliphatic heterocycles. The molecule has 1 amide bonds. The third-order valence-electron chi connectivity index (χ3n) is 2.48. The van der Waals surface area contributed by atoms with Crippen LogP contribution in [0.1, 0.15) is 33.6 Å². The first kappa shape index (κ1) is 16.3. The zero-order chi connectivity index (χ0) is 13.7. The minimum Gasteiger partial charge on any atom is -0.354 e. The lowest BCUT2D eigenvalue weighted by atomic mass is 9.85. The Morgan fingerprint density at radius 3 is 2.35 bits per heavy atom. The number of rotatable bonds is 7. The standard InChI is InChI=1S/C10H22N2O4S/c1-8(13)12-9(4-5-17(14,15)16)6-10(2,3)7-11/h9H,4-7,11H2,1-3H3,(H,12,13)(H,14,15,16). The second-order valence-corrected chi connectivity index (χ2v) is 6.62. The average Bonchev–Trinajstić information content (AvgIpc) is 2.12. The molecule has 0 fully saturated rings. The lowest BCUT2D eigenvalue weighted by molar-refractivity contribution is -0.119. The number of nitrogens with one attached hydrogen (secondary N) is 1. The van der Waals surface area contributed by atoms with Crippen LogP contribution in [0.3, 0.4) is 0 Å². The summed E-state index contributed by atoms with van der Waals surface area (Å²) in [7, 11) is -4.00. The first-order valence-corrected chi connectivity index (χ1v) is 7.09. The lowest BCUT2D eigenvalue weighted by Gasteiger charge is -2.28. The molecular formula is C10H22N2O4S. The van der Waals surface area contributed by atoms with Crippen LogP contribution in [0.5, 0.6) is 0 Å². The highest BCUT2D eigenvalue weighted by Gasteiger charge is 2.23. The molecule has 7 heteroatoms. The van der Waals surface area contributed by atoms with E-state index in [9.17, 15) is 13.2 Å². The van der Waals surface area contributed by atoms with Gasteiger partial charge in [0.1, 0.15) is 0 Å². The topological polar surface area (TPSA) is 109 Å². The van der Waals surface area contributed by atoms with Gasteiger partial charge in [-0.05, 0) is 24.8 Å². The number of hydrogen-bond acceptors (Lipinski definition) is 4. The summed E-state index contributed by atoms with van der Waals surface area (Å²) < 4.78 is 30.0. The molecule has 0 aliphatic rings. The summed E-state index contributed by atoms with van der Waals surface area (Å²) in [6.07, 6.45) is 0.750. The molecule has 17 heavy (non-hydrogen) atoms. The number of amides is 1. The Balaban J connectivity index is 4.49. The molecule has 0 saturated heterocycles. The predicted molar refractivity (Wildman–Crippen MR) is 66.1 cm³/mol. The van der Waals surface area contributed by atoms with Crippen molar-refractivity contribution in [2.24, 2.45) is 11.1 Å². The predicted octanol–water partition coefficient (Wildman–Crippen LogP) is 0.144. The average molecular weight is 266 g/mol. The van der Waals surface area contributed by atoms with Crippen LogP contribution in [0.2, 0.25) is 0 Å². The Morgan fingerprint density at radius 1 is 1.47 bits per heavy atom. The summed E-state index contributed by atoms with van der Waals surface area (Å²) in [5.41, 5.74) is 5.40. The van der Waals surface area contributed by atoms with E-state index >= 15 is 0 Å². The zero-order valence-electron chi connectivity index (χ0n) is 10.6.